The van der Waals surface area contributed by atoms with Crippen molar-refractivity contribution in [2.24, 2.45) is 0 Å². The first-order chi connectivity index (χ1) is 18.6. The monoisotopic (exact) mass is 583 g/mol. The fourth-order valence-electron chi connectivity index (χ4n) is 4.26. The molecule has 12 heteroatoms. The van der Waals surface area contributed by atoms with E-state index in [0.29, 0.717) is 33.3 Å². The van der Waals surface area contributed by atoms with E-state index in [-0.39, 0.29) is 15.5 Å². The number of anilines is 3. The van der Waals surface area contributed by atoms with Gasteiger partial charge in [-0.3, -0.25) is 13.8 Å². The first-order valence-corrected chi connectivity index (χ1v) is 14.9. The van der Waals surface area contributed by atoms with Gasteiger partial charge in [0.15, 0.2) is 0 Å². The van der Waals surface area contributed by atoms with Gasteiger partial charge in [-0.15, -0.1) is 0 Å². The number of hydrogen-bond donors (Lipinski definition) is 2. The fraction of sp³-hybridized carbons (Fsp3) is 0.0741. The van der Waals surface area contributed by atoms with Gasteiger partial charge in [0.05, 0.1) is 28.3 Å². The minimum Gasteiger partial charge on any atom is -0.495 e. The Morgan fingerprint density at radius 1 is 0.923 bits per heavy atom. The summed E-state index contributed by atoms with van der Waals surface area (Å²) in [5, 5.41) is 2.97. The molecule has 200 valence electrons. The number of nitrogens with one attached hydrogen (secondary N) is 2. The molecule has 1 heterocycles. The van der Waals surface area contributed by atoms with Gasteiger partial charge in [0.25, 0.3) is 20.0 Å². The summed E-state index contributed by atoms with van der Waals surface area (Å²) in [5.41, 5.74) is 2.14. The van der Waals surface area contributed by atoms with Crippen LogP contribution < -0.4 is 19.1 Å². The Balaban J connectivity index is 1.34. The van der Waals surface area contributed by atoms with Gasteiger partial charge < -0.3 is 10.1 Å². The first kappa shape index (κ1) is 26.5. The summed E-state index contributed by atoms with van der Waals surface area (Å²) >= 11 is 5.99. The highest BCUT2D eigenvalue weighted by Gasteiger charge is 2.35. The van der Waals surface area contributed by atoms with Crippen LogP contribution in [0.5, 0.6) is 5.75 Å². The quantitative estimate of drug-likeness (QED) is 0.317. The summed E-state index contributed by atoms with van der Waals surface area (Å²) in [7, 11) is -6.57. The zero-order chi connectivity index (χ0) is 27.8. The van der Waals surface area contributed by atoms with Crippen LogP contribution in [0.3, 0.4) is 0 Å². The standard InChI is InChI=1S/C27H22ClN3O6S2/c1-37-25-15-10-18(28)16-23(25)30-38(33,34)20-13-11-19(12-14-20)29-27(32)17-31-24-8-4-2-6-21(24)22-7-3-5-9-26(22)39(31,35)36/h2-16,30H,17H2,1H3,(H,29,32). The first-order valence-electron chi connectivity index (χ1n) is 11.6. The predicted molar refractivity (Wildman–Crippen MR) is 150 cm³/mol. The average molecular weight is 584 g/mol. The number of hydrogen-bond acceptors (Lipinski definition) is 6. The average Bonchev–Trinajstić information content (AvgIpc) is 2.91. The molecule has 39 heavy (non-hydrogen) atoms. The number of methoxy groups -OCH3 is 1. The topological polar surface area (TPSA) is 122 Å². The second kappa shape index (κ2) is 10.3. The number of fused-ring (bicyclic) bond motifs is 3. The molecule has 0 saturated heterocycles. The maximum atomic E-state index is 13.4. The van der Waals surface area contributed by atoms with E-state index in [2.05, 4.69) is 10.0 Å². The van der Waals surface area contributed by atoms with Gasteiger partial charge in [-0.25, -0.2) is 16.8 Å². The predicted octanol–water partition coefficient (Wildman–Crippen LogP) is 4.96. The van der Waals surface area contributed by atoms with Crippen molar-refractivity contribution >= 4 is 54.6 Å². The SMILES string of the molecule is COc1ccc(Cl)cc1NS(=O)(=O)c1ccc(NC(=O)CN2c3ccccc3-c3ccccc3S2(=O)=O)cc1. The Hall–Kier alpha value is -4.06. The van der Waals surface area contributed by atoms with Crippen LogP contribution in [-0.4, -0.2) is 36.4 Å². The van der Waals surface area contributed by atoms with E-state index in [9.17, 15) is 21.6 Å². The van der Waals surface area contributed by atoms with Crippen molar-refractivity contribution in [2.45, 2.75) is 9.79 Å². The molecule has 0 unspecified atom stereocenters. The Kier molecular flexibility index (Phi) is 6.98. The molecule has 0 aliphatic carbocycles. The molecule has 0 saturated carbocycles. The van der Waals surface area contributed by atoms with E-state index < -0.39 is 32.5 Å². The van der Waals surface area contributed by atoms with Crippen LogP contribution in [0.2, 0.25) is 5.02 Å². The Bertz CT molecular complexity index is 1790. The summed E-state index contributed by atoms with van der Waals surface area (Å²) in [5.74, 6) is -0.297. The number of nitrogens with zero attached hydrogens (tertiary/aromatic N) is 1. The number of carbonyl (C=O) groups is 1. The largest absolute Gasteiger partial charge is 0.495 e. The molecular formula is C27H22ClN3O6S2. The van der Waals surface area contributed by atoms with E-state index in [1.54, 1.807) is 54.6 Å². The molecule has 9 nitrogen and oxygen atoms in total. The smallest absolute Gasteiger partial charge is 0.265 e. The minimum atomic E-state index is -4.00. The third kappa shape index (κ3) is 5.16. The molecular weight excluding hydrogens is 562 g/mol. The highest BCUT2D eigenvalue weighted by Crippen LogP contribution is 2.42. The van der Waals surface area contributed by atoms with Gasteiger partial charge in [-0.2, -0.15) is 0 Å². The molecule has 1 aliphatic heterocycles. The van der Waals surface area contributed by atoms with Gasteiger partial charge in [0, 0.05) is 21.8 Å². The molecule has 2 N–H and O–H groups in total. The zero-order valence-corrected chi connectivity index (χ0v) is 22.8. The van der Waals surface area contributed by atoms with E-state index in [4.69, 9.17) is 16.3 Å². The van der Waals surface area contributed by atoms with Crippen LogP contribution in [0.4, 0.5) is 17.1 Å². The number of ether oxygens (including phenoxy) is 1. The summed E-state index contributed by atoms with van der Waals surface area (Å²) in [4.78, 5) is 13.0. The maximum absolute atomic E-state index is 13.4. The number of benzene rings is 4. The normalized spacial score (nSPS) is 13.6. The lowest BCUT2D eigenvalue weighted by molar-refractivity contribution is -0.114. The molecule has 0 atom stereocenters. The third-order valence-corrected chi connectivity index (χ3v) is 9.49. The molecule has 0 radical (unpaired) electrons. The number of amides is 1. The lowest BCUT2D eigenvalue weighted by Crippen LogP contribution is -2.40. The van der Waals surface area contributed by atoms with E-state index in [1.807, 2.05) is 0 Å². The second-order valence-corrected chi connectivity index (χ2v) is 12.5. The summed E-state index contributed by atoms with van der Waals surface area (Å²) in [6.45, 7) is -0.468. The number of halogens is 1. The lowest BCUT2D eigenvalue weighted by Gasteiger charge is -2.31. The van der Waals surface area contributed by atoms with Crippen molar-refractivity contribution < 1.29 is 26.4 Å². The van der Waals surface area contributed by atoms with Crippen molar-refractivity contribution in [3.05, 3.63) is 96.0 Å². The van der Waals surface area contributed by atoms with Gasteiger partial charge >= 0.3 is 0 Å². The Labute approximate surface area is 231 Å². The molecule has 0 aromatic heterocycles. The number of carbonyl (C=O) groups excluding carboxylic acids is 1. The summed E-state index contributed by atoms with van der Waals surface area (Å²) < 4.78 is 61.2. The van der Waals surface area contributed by atoms with Crippen LogP contribution in [0.1, 0.15) is 0 Å². The zero-order valence-electron chi connectivity index (χ0n) is 20.5. The van der Waals surface area contributed by atoms with Gasteiger partial charge in [-0.1, -0.05) is 48.0 Å². The van der Waals surface area contributed by atoms with Gasteiger partial charge in [0.1, 0.15) is 12.3 Å². The Morgan fingerprint density at radius 3 is 2.31 bits per heavy atom. The summed E-state index contributed by atoms with van der Waals surface area (Å²) in [6.07, 6.45) is 0. The Morgan fingerprint density at radius 2 is 1.59 bits per heavy atom. The van der Waals surface area contributed by atoms with E-state index in [0.717, 1.165) is 4.31 Å². The fourth-order valence-corrected chi connectivity index (χ4v) is 7.15. The molecule has 0 fully saturated rings. The van der Waals surface area contributed by atoms with Crippen LogP contribution in [-0.2, 0) is 24.8 Å². The molecule has 1 aliphatic rings. The van der Waals surface area contributed by atoms with Crippen molar-refractivity contribution in [3.8, 4) is 16.9 Å². The van der Waals surface area contributed by atoms with Crippen molar-refractivity contribution in [2.75, 3.05) is 28.0 Å². The number of sulfonamides is 2. The van der Waals surface area contributed by atoms with Crippen molar-refractivity contribution in [1.29, 1.82) is 0 Å². The highest BCUT2D eigenvalue weighted by atomic mass is 35.5. The van der Waals surface area contributed by atoms with Crippen LogP contribution >= 0.6 is 11.6 Å². The summed E-state index contributed by atoms with van der Waals surface area (Å²) in [6, 6.07) is 23.6. The minimum absolute atomic E-state index is 0.0633. The van der Waals surface area contributed by atoms with Crippen LogP contribution in [0.15, 0.2) is 101 Å². The van der Waals surface area contributed by atoms with Crippen molar-refractivity contribution in [1.82, 2.24) is 0 Å². The second-order valence-electron chi connectivity index (χ2n) is 8.55. The highest BCUT2D eigenvalue weighted by molar-refractivity contribution is 7.93. The van der Waals surface area contributed by atoms with Gasteiger partial charge in [0.2, 0.25) is 5.91 Å². The molecule has 1 amide bonds. The maximum Gasteiger partial charge on any atom is 0.265 e. The molecule has 0 bridgehead atoms. The van der Waals surface area contributed by atoms with Crippen LogP contribution in [0, 0.1) is 0 Å². The molecule has 4 aromatic rings. The molecule has 5 rings (SSSR count). The van der Waals surface area contributed by atoms with Crippen LogP contribution in [0.25, 0.3) is 11.1 Å². The molecule has 0 spiro atoms. The van der Waals surface area contributed by atoms with Crippen molar-refractivity contribution in [3.63, 3.8) is 0 Å². The lowest BCUT2D eigenvalue weighted by atomic mass is 10.0. The number of rotatable bonds is 7. The number of para-hydroxylation sites is 1. The molecule has 4 aromatic carbocycles. The van der Waals surface area contributed by atoms with Gasteiger partial charge in [-0.05, 0) is 54.6 Å². The van der Waals surface area contributed by atoms with E-state index >= 15 is 0 Å². The van der Waals surface area contributed by atoms with E-state index in [1.165, 1.54) is 43.5 Å². The third-order valence-electron chi connectivity index (χ3n) is 6.06.